The Labute approximate surface area is 135 Å². The summed E-state index contributed by atoms with van der Waals surface area (Å²) in [5.74, 6) is 0.940. The Morgan fingerprint density at radius 1 is 1.36 bits per heavy atom. The summed E-state index contributed by atoms with van der Waals surface area (Å²) in [4.78, 5) is 12.7. The maximum absolute atomic E-state index is 12.7. The minimum Gasteiger partial charge on any atom is -0.389 e. The van der Waals surface area contributed by atoms with Gasteiger partial charge < -0.3 is 5.11 Å². The molecule has 0 aromatic rings. The maximum Gasteiger partial charge on any atom is 0.139 e. The first-order valence-electron chi connectivity index (χ1n) is 8.44. The van der Waals surface area contributed by atoms with E-state index in [1.54, 1.807) is 0 Å². The Bertz CT molecular complexity index is 526. The van der Waals surface area contributed by atoms with Crippen LogP contribution >= 0.6 is 0 Å². The third kappa shape index (κ3) is 3.27. The van der Waals surface area contributed by atoms with Gasteiger partial charge in [0.1, 0.15) is 5.78 Å². The van der Waals surface area contributed by atoms with E-state index in [0.717, 1.165) is 36.8 Å². The molecule has 1 N–H and O–H groups in total. The van der Waals surface area contributed by atoms with E-state index in [4.69, 9.17) is 0 Å². The zero-order chi connectivity index (χ0) is 16.5. The van der Waals surface area contributed by atoms with E-state index in [-0.39, 0.29) is 17.4 Å². The molecule has 2 aliphatic carbocycles. The minimum absolute atomic E-state index is 0.271. The quantitative estimate of drug-likeness (QED) is 0.719. The third-order valence-electron chi connectivity index (χ3n) is 5.89. The summed E-state index contributed by atoms with van der Waals surface area (Å²) in [7, 11) is 0. The lowest BCUT2D eigenvalue weighted by atomic mass is 9.71. The highest BCUT2D eigenvalue weighted by molar-refractivity contribution is 5.88. The summed E-state index contributed by atoms with van der Waals surface area (Å²) in [6.45, 7) is 12.4. The molecule has 2 nitrogen and oxygen atoms in total. The van der Waals surface area contributed by atoms with Crippen molar-refractivity contribution >= 4 is 5.78 Å². The molecule has 2 rings (SSSR count). The van der Waals surface area contributed by atoms with Crippen molar-refractivity contribution in [3.63, 3.8) is 0 Å². The lowest BCUT2D eigenvalue weighted by Gasteiger charge is -2.32. The number of ketones is 1. The molecule has 22 heavy (non-hydrogen) atoms. The molecule has 2 heteroatoms. The lowest BCUT2D eigenvalue weighted by molar-refractivity contribution is -0.126. The smallest absolute Gasteiger partial charge is 0.139 e. The van der Waals surface area contributed by atoms with Gasteiger partial charge in [-0.05, 0) is 63.9 Å². The summed E-state index contributed by atoms with van der Waals surface area (Å²) >= 11 is 0. The summed E-state index contributed by atoms with van der Waals surface area (Å²) in [5.41, 5.74) is 3.14. The number of carbonyl (C=O) groups excluding carboxylic acids is 1. The molecule has 0 radical (unpaired) electrons. The van der Waals surface area contributed by atoms with Crippen LogP contribution in [-0.2, 0) is 4.79 Å². The first-order valence-corrected chi connectivity index (χ1v) is 8.44. The van der Waals surface area contributed by atoms with Crippen LogP contribution in [0, 0.1) is 17.3 Å². The monoisotopic (exact) mass is 302 g/mol. The topological polar surface area (TPSA) is 37.3 Å². The van der Waals surface area contributed by atoms with Gasteiger partial charge in [-0.1, -0.05) is 36.8 Å². The second-order valence-corrected chi connectivity index (χ2v) is 7.60. The number of fused-ring (bicyclic) bond motifs is 1. The van der Waals surface area contributed by atoms with Gasteiger partial charge in [0.15, 0.2) is 0 Å². The van der Waals surface area contributed by atoms with Gasteiger partial charge in [0, 0.05) is 11.8 Å². The molecule has 0 spiro atoms. The van der Waals surface area contributed by atoms with Crippen LogP contribution in [0.1, 0.15) is 59.8 Å². The van der Waals surface area contributed by atoms with Crippen LogP contribution in [-0.4, -0.2) is 17.0 Å². The average Bonchev–Trinajstić information content (AvgIpc) is 2.71. The van der Waals surface area contributed by atoms with E-state index >= 15 is 0 Å². The normalized spacial score (nSPS) is 37.0. The van der Waals surface area contributed by atoms with E-state index in [2.05, 4.69) is 32.6 Å². The molecule has 0 aromatic carbocycles. The van der Waals surface area contributed by atoms with Crippen LogP contribution in [0.5, 0.6) is 0 Å². The van der Waals surface area contributed by atoms with E-state index in [1.807, 2.05) is 13.8 Å². The first kappa shape index (κ1) is 17.2. The average molecular weight is 302 g/mol. The van der Waals surface area contributed by atoms with Gasteiger partial charge in [0.25, 0.3) is 0 Å². The fourth-order valence-corrected chi connectivity index (χ4v) is 3.96. The van der Waals surface area contributed by atoms with Crippen molar-refractivity contribution in [3.8, 4) is 0 Å². The molecule has 4 atom stereocenters. The molecule has 0 aromatic heterocycles. The number of Topliss-reactive ketones (excluding diaryl/α,β-unsaturated/α-hetero) is 1. The predicted molar refractivity (Wildman–Crippen MR) is 91.5 cm³/mol. The molecule has 2 aliphatic rings. The summed E-state index contributed by atoms with van der Waals surface area (Å²) in [5, 5.41) is 10.3. The van der Waals surface area contributed by atoms with Crippen LogP contribution in [0.25, 0.3) is 0 Å². The third-order valence-corrected chi connectivity index (χ3v) is 5.89. The Kier molecular flexibility index (Phi) is 5.11. The SMILES string of the molecule is C=C(C)C1CC(=O)C2(C)CC=C(C)CCC(O)C(C)=CCC12. The zero-order valence-electron chi connectivity index (χ0n) is 14.5. The Hall–Kier alpha value is -1.15. The van der Waals surface area contributed by atoms with E-state index < -0.39 is 0 Å². The van der Waals surface area contributed by atoms with Crippen molar-refractivity contribution in [2.45, 2.75) is 65.9 Å². The van der Waals surface area contributed by atoms with Crippen molar-refractivity contribution in [3.05, 3.63) is 35.5 Å². The van der Waals surface area contributed by atoms with Gasteiger partial charge in [-0.3, -0.25) is 4.79 Å². The van der Waals surface area contributed by atoms with Gasteiger partial charge in [-0.25, -0.2) is 0 Å². The molecule has 122 valence electrons. The van der Waals surface area contributed by atoms with E-state index in [1.165, 1.54) is 5.57 Å². The molecule has 0 heterocycles. The molecule has 4 unspecified atom stereocenters. The summed E-state index contributed by atoms with van der Waals surface area (Å²) in [6, 6.07) is 0. The molecule has 1 saturated carbocycles. The molecule has 0 aliphatic heterocycles. The fraction of sp³-hybridized carbons (Fsp3) is 0.650. The van der Waals surface area contributed by atoms with Crippen molar-refractivity contribution in [2.24, 2.45) is 17.3 Å². The van der Waals surface area contributed by atoms with Gasteiger partial charge in [0.2, 0.25) is 0 Å². The highest BCUT2D eigenvalue weighted by Crippen LogP contribution is 2.51. The molecule has 0 amide bonds. The number of allylic oxidation sites excluding steroid dienone is 4. The van der Waals surface area contributed by atoms with Gasteiger partial charge >= 0.3 is 0 Å². The van der Waals surface area contributed by atoms with Crippen LogP contribution in [0.3, 0.4) is 0 Å². The molecule has 0 saturated heterocycles. The Morgan fingerprint density at radius 2 is 2.05 bits per heavy atom. The predicted octanol–water partition coefficient (Wildman–Crippen LogP) is 4.60. The van der Waals surface area contributed by atoms with Gasteiger partial charge in [0.05, 0.1) is 6.10 Å². The second-order valence-electron chi connectivity index (χ2n) is 7.60. The van der Waals surface area contributed by atoms with Crippen molar-refractivity contribution in [2.75, 3.05) is 0 Å². The van der Waals surface area contributed by atoms with E-state index in [0.29, 0.717) is 18.1 Å². The van der Waals surface area contributed by atoms with Gasteiger partial charge in [-0.2, -0.15) is 0 Å². The second kappa shape index (κ2) is 6.54. The molecule has 1 fully saturated rings. The number of hydrogen-bond acceptors (Lipinski definition) is 2. The molecular formula is C20H30O2. The minimum atomic E-state index is -0.368. The molecule has 0 bridgehead atoms. The van der Waals surface area contributed by atoms with Gasteiger partial charge in [-0.15, -0.1) is 0 Å². The molecular weight excluding hydrogens is 272 g/mol. The summed E-state index contributed by atoms with van der Waals surface area (Å²) < 4.78 is 0. The lowest BCUT2D eigenvalue weighted by Crippen LogP contribution is -2.30. The number of carbonyl (C=O) groups is 1. The van der Waals surface area contributed by atoms with Crippen molar-refractivity contribution in [1.29, 1.82) is 0 Å². The fourth-order valence-electron chi connectivity index (χ4n) is 3.96. The Balaban J connectivity index is 2.41. The maximum atomic E-state index is 12.7. The highest BCUT2D eigenvalue weighted by Gasteiger charge is 2.50. The number of rotatable bonds is 1. The van der Waals surface area contributed by atoms with Crippen molar-refractivity contribution < 1.29 is 9.90 Å². The zero-order valence-corrected chi connectivity index (χ0v) is 14.5. The first-order chi connectivity index (χ1) is 10.3. The van der Waals surface area contributed by atoms with Crippen molar-refractivity contribution in [1.82, 2.24) is 0 Å². The summed E-state index contributed by atoms with van der Waals surface area (Å²) in [6.07, 6.45) is 7.97. The Morgan fingerprint density at radius 3 is 2.68 bits per heavy atom. The largest absolute Gasteiger partial charge is 0.389 e. The standard InChI is InChI=1S/C20H30O2/c1-13(2)16-12-19(22)20(5)11-10-14(3)6-9-18(21)15(4)7-8-17(16)20/h7,10,16-18,21H,1,6,8-9,11-12H2,2-5H3. The van der Waals surface area contributed by atoms with Crippen LogP contribution in [0.4, 0.5) is 0 Å². The van der Waals surface area contributed by atoms with Crippen LogP contribution in [0.15, 0.2) is 35.5 Å². The van der Waals surface area contributed by atoms with Crippen LogP contribution < -0.4 is 0 Å². The van der Waals surface area contributed by atoms with E-state index in [9.17, 15) is 9.90 Å². The number of aliphatic hydroxyl groups excluding tert-OH is 1. The van der Waals surface area contributed by atoms with Crippen LogP contribution in [0.2, 0.25) is 0 Å². The highest BCUT2D eigenvalue weighted by atomic mass is 16.3. The number of aliphatic hydroxyl groups is 1. The number of hydrogen-bond donors (Lipinski definition) is 1.